The highest BCUT2D eigenvalue weighted by molar-refractivity contribution is 8.05. The standard InChI is InChI=1S/C25H17NO3S.4C25H17NO2S2/c27-23-17-11-12-30-25(17)24(28)18(23)14-15-9-10-16(13-15)26-19-5-1-3-7-21(19)29-22-8-4-2-6-20(22)26;4*27-23-17-11-12-29-25(17)24(28)18(23)14-15-9-10-16(13-15)26-19-5-1-3-7-21(19)30-22-8-4-2-6-20(22)26/h5*1-12,14,17,25H,13H2/b5*18-14+. The number of rotatable bonds is 10. The van der Waals surface area contributed by atoms with Crippen LogP contribution in [0.15, 0.2) is 515 Å². The Bertz CT molecular complexity index is 7080. The molecule has 0 amide bonds. The van der Waals surface area contributed by atoms with Gasteiger partial charge in [-0.3, -0.25) is 47.9 Å². The molecular weight excluding hydrogens is 2040 g/mol. The molecule has 10 aliphatic carbocycles. The van der Waals surface area contributed by atoms with Crippen LogP contribution in [-0.2, 0) is 47.9 Å². The van der Waals surface area contributed by atoms with Crippen molar-refractivity contribution < 1.29 is 52.7 Å². The van der Waals surface area contributed by atoms with Crippen molar-refractivity contribution in [2.24, 2.45) is 29.6 Å². The topological polar surface area (TPSA) is 196 Å². The largest absolute Gasteiger partial charge is 0.453 e. The molecule has 10 atom stereocenters. The molecule has 0 N–H and O–H groups in total. The first-order chi connectivity index (χ1) is 73.5. The molecule has 5 saturated carbocycles. The summed E-state index contributed by atoms with van der Waals surface area (Å²) < 4.78 is 6.08. The highest BCUT2D eigenvalue weighted by Gasteiger charge is 2.52. The zero-order valence-corrected chi connectivity index (χ0v) is 87.1. The van der Waals surface area contributed by atoms with Crippen LogP contribution in [0, 0.1) is 29.6 Å². The van der Waals surface area contributed by atoms with Crippen molar-refractivity contribution in [3.8, 4) is 11.5 Å². The summed E-state index contributed by atoms with van der Waals surface area (Å²) in [7, 11) is 0. The van der Waals surface area contributed by atoms with Crippen molar-refractivity contribution in [3.05, 3.63) is 475 Å². The van der Waals surface area contributed by atoms with Crippen LogP contribution in [0.2, 0.25) is 0 Å². The lowest BCUT2D eigenvalue weighted by Gasteiger charge is -2.33. The SMILES string of the molecule is O=C1/C(=C\C2=CC=C(N3c4ccccc4Oc4ccccc43)C2)C(=O)C2SC=CC12.O=C1/C(=C\C2=CC=C(N3c4ccccc4Sc4ccccc43)C2)C(=O)C2SC=CC12.O=C1/C(=C\C2=CC=C(N3c4ccccc4Sc4ccccc43)C2)C(=O)C2SC=CC12.O=C1/C(=C\C2=CC=C(N3c4ccccc4Sc4ccccc43)C2)C(=O)C2SC=CC12.O=C1/C(=C\C2=CC=C(N3c4ccccc4Sc4ccccc43)C2)C(=O)C2SC=CC12. The number of carbonyl (C=O) groups is 10. The van der Waals surface area contributed by atoms with E-state index in [2.05, 4.69) is 249 Å². The molecule has 0 radical (unpaired) electrons. The van der Waals surface area contributed by atoms with E-state index in [1.54, 1.807) is 53.1 Å². The molecule has 0 bridgehead atoms. The smallest absolute Gasteiger partial charge is 0.180 e. The summed E-state index contributed by atoms with van der Waals surface area (Å²) in [5.41, 5.74) is 23.7. The van der Waals surface area contributed by atoms with E-state index in [-0.39, 0.29) is 114 Å². The second-order valence-corrected chi connectivity index (χ2v) is 47.8. The van der Waals surface area contributed by atoms with E-state index in [4.69, 9.17) is 4.74 Å². The summed E-state index contributed by atoms with van der Waals surface area (Å²) in [5, 5.41) is 8.08. The highest BCUT2D eigenvalue weighted by Crippen LogP contribution is 2.59. The van der Waals surface area contributed by atoms with E-state index in [1.807, 2.05) is 161 Å². The number of carbonyl (C=O) groups excluding carboxylic acids is 10. The van der Waals surface area contributed by atoms with E-state index in [0.717, 1.165) is 79.2 Å². The Balaban J connectivity index is 0.0000000945. The third-order valence-electron chi connectivity index (χ3n) is 29.3. The molecule has 0 saturated heterocycles. The van der Waals surface area contributed by atoms with Crippen LogP contribution in [0.25, 0.3) is 0 Å². The molecule has 25 heteroatoms. The van der Waals surface area contributed by atoms with Crippen molar-refractivity contribution in [2.45, 2.75) is 97.5 Å². The summed E-state index contributed by atoms with van der Waals surface area (Å²) in [4.78, 5) is 148. The molecule has 5 fully saturated rings. The van der Waals surface area contributed by atoms with Gasteiger partial charge in [-0.2, -0.15) is 0 Å². The zero-order valence-electron chi connectivity index (χ0n) is 79.7. The Morgan fingerprint density at radius 1 is 0.200 bits per heavy atom. The summed E-state index contributed by atoms with van der Waals surface area (Å²) in [6.07, 6.45) is 42.4. The number of para-hydroxylation sites is 12. The van der Waals surface area contributed by atoms with Gasteiger partial charge in [0.05, 0.1) is 141 Å². The van der Waals surface area contributed by atoms with Gasteiger partial charge in [0.1, 0.15) is 0 Å². The quantitative estimate of drug-likeness (QED) is 0.0925. The Labute approximate surface area is 903 Å². The van der Waals surface area contributed by atoms with E-state index < -0.39 is 0 Å². The number of anilines is 10. The lowest BCUT2D eigenvalue weighted by Crippen LogP contribution is -2.20. The lowest BCUT2D eigenvalue weighted by atomic mass is 10.0. The number of ether oxygens (including phenoxy) is 1. The monoisotopic (exact) mass is 2120 g/mol. The number of fused-ring (bicyclic) bond motifs is 15. The van der Waals surface area contributed by atoms with Crippen molar-refractivity contribution in [2.75, 3.05) is 24.5 Å². The number of benzene rings is 10. The van der Waals surface area contributed by atoms with Crippen LogP contribution in [0.3, 0.4) is 0 Å². The molecule has 30 rings (SSSR count). The molecule has 730 valence electrons. The highest BCUT2D eigenvalue weighted by atomic mass is 32.2. The number of Topliss-reactive ketones (excluding diaryl/α,β-unsaturated/α-hetero) is 10. The van der Waals surface area contributed by atoms with Gasteiger partial charge in [-0.15, -0.1) is 58.8 Å². The van der Waals surface area contributed by atoms with E-state index >= 15 is 0 Å². The maximum Gasteiger partial charge on any atom is 0.180 e. The number of thioether (sulfide) groups is 5. The fourth-order valence-corrected chi connectivity index (χ4v) is 31.7. The average Bonchev–Trinajstić information content (AvgIpc) is 1.71. The maximum atomic E-state index is 12.7. The van der Waals surface area contributed by atoms with Crippen molar-refractivity contribution in [3.63, 3.8) is 0 Å². The van der Waals surface area contributed by atoms with Crippen molar-refractivity contribution >= 4 is 221 Å². The van der Waals surface area contributed by atoms with Gasteiger partial charge in [0.25, 0.3) is 0 Å². The molecule has 20 aliphatic rings. The van der Waals surface area contributed by atoms with Gasteiger partial charge in [0, 0.05) is 99.8 Å². The van der Waals surface area contributed by atoms with Crippen molar-refractivity contribution in [1.82, 2.24) is 0 Å². The summed E-state index contributed by atoms with van der Waals surface area (Å²) in [5.74, 6) is -0.141. The molecule has 10 heterocycles. The van der Waals surface area contributed by atoms with Crippen LogP contribution < -0.4 is 29.2 Å². The van der Waals surface area contributed by atoms with Crippen LogP contribution >= 0.6 is 106 Å². The van der Waals surface area contributed by atoms with Gasteiger partial charge in [0.2, 0.25) is 0 Å². The normalized spacial score (nSPS) is 25.3. The van der Waals surface area contributed by atoms with Gasteiger partial charge < -0.3 is 29.2 Å². The third kappa shape index (κ3) is 17.1. The fourth-order valence-electron chi connectivity index (χ4n) is 22.1. The maximum absolute atomic E-state index is 12.7. The van der Waals surface area contributed by atoms with Gasteiger partial charge in [0.15, 0.2) is 69.3 Å². The predicted molar refractivity (Wildman–Crippen MR) is 606 cm³/mol. The van der Waals surface area contributed by atoms with Gasteiger partial charge in [-0.1, -0.05) is 229 Å². The van der Waals surface area contributed by atoms with Gasteiger partial charge in [-0.25, -0.2) is 0 Å². The average molecular weight is 2120 g/mol. The minimum absolute atomic E-state index is 0.0283. The second kappa shape index (κ2) is 39.9. The Morgan fingerprint density at radius 3 is 0.553 bits per heavy atom. The van der Waals surface area contributed by atoms with Crippen molar-refractivity contribution in [1.29, 1.82) is 0 Å². The van der Waals surface area contributed by atoms with Crippen LogP contribution in [0.4, 0.5) is 56.9 Å². The van der Waals surface area contributed by atoms with Crippen LogP contribution in [-0.4, -0.2) is 84.1 Å². The fraction of sp³-hybridized carbons (Fsp3) is 0.120. The predicted octanol–water partition coefficient (Wildman–Crippen LogP) is 28.8. The molecule has 0 spiro atoms. The second-order valence-electron chi connectivity index (χ2n) is 38.2. The molecule has 10 aromatic rings. The lowest BCUT2D eigenvalue weighted by molar-refractivity contribution is -0.118. The third-order valence-corrected chi connectivity index (χ3v) is 39.4. The minimum Gasteiger partial charge on any atom is -0.453 e. The van der Waals surface area contributed by atoms with E-state index in [9.17, 15) is 47.9 Å². The molecule has 10 aliphatic heterocycles. The Morgan fingerprint density at radius 2 is 0.367 bits per heavy atom. The molecular formula is C125H85N5O11S9. The zero-order chi connectivity index (χ0) is 101. The molecule has 10 aromatic carbocycles. The first-order valence-corrected chi connectivity index (χ1v) is 57.4. The van der Waals surface area contributed by atoms with E-state index in [1.165, 1.54) is 143 Å². The Hall–Kier alpha value is -14.4. The number of nitrogens with zero attached hydrogens (tertiary/aromatic N) is 5. The van der Waals surface area contributed by atoms with E-state index in [0.29, 0.717) is 60.0 Å². The van der Waals surface area contributed by atoms with Crippen LogP contribution in [0.5, 0.6) is 11.5 Å². The van der Waals surface area contributed by atoms with Gasteiger partial charge in [-0.05, 0) is 237 Å². The minimum atomic E-state index is -0.291. The molecule has 16 nitrogen and oxygen atoms in total. The number of hydrogen-bond donors (Lipinski definition) is 0. The summed E-state index contributed by atoms with van der Waals surface area (Å²) >= 11 is 14.4. The summed E-state index contributed by atoms with van der Waals surface area (Å²) in [6, 6.07) is 83.3. The summed E-state index contributed by atoms with van der Waals surface area (Å²) in [6.45, 7) is 0. The molecule has 10 unspecified atom stereocenters. The number of ketones is 10. The number of allylic oxidation sites excluding steroid dienone is 30. The molecule has 150 heavy (non-hydrogen) atoms. The Kier molecular flexibility index (Phi) is 25.3. The first kappa shape index (κ1) is 95.3. The molecule has 0 aromatic heterocycles. The first-order valence-electron chi connectivity index (χ1n) is 49.4. The van der Waals surface area contributed by atoms with Crippen LogP contribution in [0.1, 0.15) is 32.1 Å². The van der Waals surface area contributed by atoms with Gasteiger partial charge >= 0.3 is 0 Å². The number of hydrogen-bond acceptors (Lipinski definition) is 25.